The highest BCUT2D eigenvalue weighted by Crippen LogP contribution is 2.37. The fourth-order valence-electron chi connectivity index (χ4n) is 3.36. The number of rotatable bonds is 7. The third kappa shape index (κ3) is 4.68. The van der Waals surface area contributed by atoms with Crippen LogP contribution in [0.3, 0.4) is 0 Å². The van der Waals surface area contributed by atoms with Crippen molar-refractivity contribution in [2.45, 2.75) is 32.4 Å². The Labute approximate surface area is 186 Å². The van der Waals surface area contributed by atoms with Gasteiger partial charge >= 0.3 is 0 Å². The van der Waals surface area contributed by atoms with Gasteiger partial charge in [0, 0.05) is 32.6 Å². The van der Waals surface area contributed by atoms with Crippen LogP contribution in [-0.2, 0) is 11.5 Å². The first kappa shape index (κ1) is 21.6. The molecule has 0 aliphatic rings. The minimum atomic E-state index is -1.21. The highest BCUT2D eigenvalue weighted by molar-refractivity contribution is 6.76. The van der Waals surface area contributed by atoms with Gasteiger partial charge in [-0.05, 0) is 36.4 Å². The zero-order valence-electron chi connectivity index (χ0n) is 17.8. The summed E-state index contributed by atoms with van der Waals surface area (Å²) < 4.78 is 22.6. The number of pyridine rings is 2. The van der Waals surface area contributed by atoms with Gasteiger partial charge in [-0.2, -0.15) is 0 Å². The number of ether oxygens (including phenoxy) is 1. The Kier molecular flexibility index (Phi) is 6.18. The smallest absolute Gasteiger partial charge is 0.149 e. The Morgan fingerprint density at radius 1 is 1.03 bits per heavy atom. The van der Waals surface area contributed by atoms with Gasteiger partial charge in [-0.15, -0.1) is 0 Å². The van der Waals surface area contributed by atoms with Gasteiger partial charge in [0.2, 0.25) is 0 Å². The standard InChI is InChI=1S/C23H24ClFN4OSi/c1-31(2,3)14-13-30-15-29-19-9-5-4-8-18(19)28-23(29)20-16(10-12-27-22(20)24)21-17(25)7-6-11-26-21/h4-12H,13-15H2,1-3H3. The molecule has 0 atom stereocenters. The highest BCUT2D eigenvalue weighted by atomic mass is 35.5. The molecule has 4 aromatic rings. The van der Waals surface area contributed by atoms with Crippen LogP contribution >= 0.6 is 11.6 Å². The van der Waals surface area contributed by atoms with Crippen LogP contribution in [0.2, 0.25) is 30.8 Å². The predicted octanol–water partition coefficient (Wildman–Crippen LogP) is 6.27. The fraction of sp³-hybridized carbons (Fsp3) is 0.261. The molecule has 3 aromatic heterocycles. The van der Waals surface area contributed by atoms with Crippen molar-refractivity contribution in [3.63, 3.8) is 0 Å². The van der Waals surface area contributed by atoms with Gasteiger partial charge in [0.15, 0.2) is 0 Å². The van der Waals surface area contributed by atoms with E-state index in [0.717, 1.165) is 17.1 Å². The van der Waals surface area contributed by atoms with Crippen LogP contribution in [0.4, 0.5) is 4.39 Å². The maximum absolute atomic E-state index is 14.6. The molecule has 5 nitrogen and oxygen atoms in total. The van der Waals surface area contributed by atoms with E-state index in [4.69, 9.17) is 21.3 Å². The quantitative estimate of drug-likeness (QED) is 0.188. The Morgan fingerprint density at radius 3 is 2.61 bits per heavy atom. The van der Waals surface area contributed by atoms with E-state index < -0.39 is 13.9 Å². The van der Waals surface area contributed by atoms with Crippen molar-refractivity contribution >= 4 is 30.7 Å². The van der Waals surface area contributed by atoms with E-state index >= 15 is 0 Å². The van der Waals surface area contributed by atoms with Crippen molar-refractivity contribution in [1.82, 2.24) is 19.5 Å². The summed E-state index contributed by atoms with van der Waals surface area (Å²) in [5.74, 6) is 0.146. The average Bonchev–Trinajstić information content (AvgIpc) is 3.09. The summed E-state index contributed by atoms with van der Waals surface area (Å²) in [6.07, 6.45) is 3.10. The first-order valence-electron chi connectivity index (χ1n) is 10.1. The maximum atomic E-state index is 14.6. The van der Waals surface area contributed by atoms with E-state index in [1.165, 1.54) is 6.07 Å². The number of para-hydroxylation sites is 2. The van der Waals surface area contributed by atoms with Crippen LogP contribution < -0.4 is 0 Å². The molecule has 0 radical (unpaired) electrons. The molecular weight excluding hydrogens is 431 g/mol. The second kappa shape index (κ2) is 8.86. The van der Waals surface area contributed by atoms with Crippen molar-refractivity contribution in [3.05, 3.63) is 65.8 Å². The SMILES string of the molecule is C[Si](C)(C)CCOCn1c(-c2c(-c3ncccc3F)ccnc2Cl)nc2ccccc21. The number of nitrogens with zero attached hydrogens (tertiary/aromatic N) is 4. The van der Waals surface area contributed by atoms with Crippen LogP contribution in [0.1, 0.15) is 0 Å². The molecule has 0 bridgehead atoms. The normalized spacial score (nSPS) is 11.9. The lowest BCUT2D eigenvalue weighted by Gasteiger charge is -2.17. The molecule has 0 fully saturated rings. The van der Waals surface area contributed by atoms with Crippen molar-refractivity contribution in [1.29, 1.82) is 0 Å². The van der Waals surface area contributed by atoms with Crippen molar-refractivity contribution < 1.29 is 9.13 Å². The minimum Gasteiger partial charge on any atom is -0.361 e. The van der Waals surface area contributed by atoms with Gasteiger partial charge < -0.3 is 4.74 Å². The van der Waals surface area contributed by atoms with Crippen LogP contribution in [0, 0.1) is 5.82 Å². The molecular formula is C23H24ClFN4OSi. The molecule has 0 unspecified atom stereocenters. The monoisotopic (exact) mass is 454 g/mol. The van der Waals surface area contributed by atoms with E-state index in [9.17, 15) is 4.39 Å². The van der Waals surface area contributed by atoms with Gasteiger partial charge in [-0.3, -0.25) is 9.55 Å². The summed E-state index contributed by atoms with van der Waals surface area (Å²) >= 11 is 6.54. The van der Waals surface area contributed by atoms with Crippen LogP contribution in [-0.4, -0.2) is 34.2 Å². The lowest BCUT2D eigenvalue weighted by Crippen LogP contribution is -2.22. The molecule has 31 heavy (non-hydrogen) atoms. The maximum Gasteiger partial charge on any atom is 0.149 e. The lowest BCUT2D eigenvalue weighted by atomic mass is 10.1. The number of fused-ring (bicyclic) bond motifs is 1. The summed E-state index contributed by atoms with van der Waals surface area (Å²) in [5.41, 5.74) is 3.00. The van der Waals surface area contributed by atoms with Gasteiger partial charge in [0.1, 0.15) is 29.2 Å². The van der Waals surface area contributed by atoms with Gasteiger partial charge in [0.05, 0.1) is 16.6 Å². The molecule has 0 aliphatic heterocycles. The van der Waals surface area contributed by atoms with Crippen molar-refractivity contribution in [2.75, 3.05) is 6.61 Å². The first-order chi connectivity index (χ1) is 14.8. The number of hydrogen-bond acceptors (Lipinski definition) is 4. The largest absolute Gasteiger partial charge is 0.361 e. The molecule has 0 saturated heterocycles. The van der Waals surface area contributed by atoms with E-state index in [2.05, 4.69) is 29.6 Å². The lowest BCUT2D eigenvalue weighted by molar-refractivity contribution is 0.0909. The summed E-state index contributed by atoms with van der Waals surface area (Å²) in [6, 6.07) is 13.5. The summed E-state index contributed by atoms with van der Waals surface area (Å²) in [5, 5.41) is 0.237. The number of imidazole rings is 1. The summed E-state index contributed by atoms with van der Waals surface area (Å²) in [6.45, 7) is 7.94. The first-order valence-corrected chi connectivity index (χ1v) is 14.2. The third-order valence-corrected chi connectivity index (χ3v) is 7.00. The van der Waals surface area contributed by atoms with Crippen molar-refractivity contribution in [3.8, 4) is 22.6 Å². The van der Waals surface area contributed by atoms with E-state index in [-0.39, 0.29) is 10.8 Å². The summed E-state index contributed by atoms with van der Waals surface area (Å²) in [4.78, 5) is 13.3. The molecule has 8 heteroatoms. The zero-order chi connectivity index (χ0) is 22.0. The average molecular weight is 455 g/mol. The van der Waals surface area contributed by atoms with E-state index in [0.29, 0.717) is 30.3 Å². The number of benzene rings is 1. The van der Waals surface area contributed by atoms with Gasteiger partial charge in [0.25, 0.3) is 0 Å². The van der Waals surface area contributed by atoms with E-state index in [1.807, 2.05) is 28.8 Å². The molecule has 0 N–H and O–H groups in total. The second-order valence-corrected chi connectivity index (χ2v) is 14.5. The van der Waals surface area contributed by atoms with Crippen LogP contribution in [0.5, 0.6) is 0 Å². The molecule has 3 heterocycles. The highest BCUT2D eigenvalue weighted by Gasteiger charge is 2.22. The number of halogens is 2. The molecule has 0 saturated carbocycles. The third-order valence-electron chi connectivity index (χ3n) is 5.01. The Morgan fingerprint density at radius 2 is 1.84 bits per heavy atom. The Bertz CT molecular complexity index is 1220. The molecule has 0 amide bonds. The van der Waals surface area contributed by atoms with Gasteiger partial charge in [-0.25, -0.2) is 14.4 Å². The van der Waals surface area contributed by atoms with Crippen LogP contribution in [0.25, 0.3) is 33.7 Å². The Balaban J connectivity index is 1.83. The molecule has 4 rings (SSSR count). The Hall–Kier alpha value is -2.61. The topological polar surface area (TPSA) is 52.8 Å². The van der Waals surface area contributed by atoms with Crippen molar-refractivity contribution in [2.24, 2.45) is 0 Å². The zero-order valence-corrected chi connectivity index (χ0v) is 19.5. The van der Waals surface area contributed by atoms with Gasteiger partial charge in [-0.1, -0.05) is 43.4 Å². The second-order valence-electron chi connectivity index (χ2n) is 8.56. The summed E-state index contributed by atoms with van der Waals surface area (Å²) in [7, 11) is -1.21. The predicted molar refractivity (Wildman–Crippen MR) is 125 cm³/mol. The minimum absolute atomic E-state index is 0.208. The van der Waals surface area contributed by atoms with Crippen LogP contribution in [0.15, 0.2) is 54.9 Å². The fourth-order valence-corrected chi connectivity index (χ4v) is 4.36. The molecule has 0 aliphatic carbocycles. The molecule has 0 spiro atoms. The molecule has 160 valence electrons. The number of hydrogen-bond donors (Lipinski definition) is 0. The number of aromatic nitrogens is 4. The molecule has 1 aromatic carbocycles. The van der Waals surface area contributed by atoms with E-state index in [1.54, 1.807) is 24.5 Å².